The fourth-order valence-corrected chi connectivity index (χ4v) is 1.68. The number of esters is 1. The average molecular weight is 241 g/mol. The van der Waals surface area contributed by atoms with Crippen LogP contribution in [-0.2, 0) is 11.8 Å². The normalized spacial score (nSPS) is 10.4. The first-order valence-electron chi connectivity index (χ1n) is 4.48. The molecule has 5 nitrogen and oxygen atoms in total. The summed E-state index contributed by atoms with van der Waals surface area (Å²) in [6.45, 7) is 0. The molecule has 0 unspecified atom stereocenters. The van der Waals surface area contributed by atoms with Crippen LogP contribution < -0.4 is 0 Å². The Morgan fingerprint density at radius 2 is 2.38 bits per heavy atom. The zero-order valence-electron chi connectivity index (χ0n) is 8.73. The summed E-state index contributed by atoms with van der Waals surface area (Å²) in [5.41, 5.74) is 1.38. The predicted octanol–water partition coefficient (Wildman–Crippen LogP) is 2.12. The first-order chi connectivity index (χ1) is 7.63. The van der Waals surface area contributed by atoms with Crippen molar-refractivity contribution in [3.63, 3.8) is 0 Å². The number of methoxy groups -OCH3 is 1. The highest BCUT2D eigenvalue weighted by Crippen LogP contribution is 2.28. The van der Waals surface area contributed by atoms with E-state index in [9.17, 15) is 4.79 Å². The van der Waals surface area contributed by atoms with Gasteiger partial charge in [-0.2, -0.15) is 5.10 Å². The third kappa shape index (κ3) is 1.69. The van der Waals surface area contributed by atoms with E-state index in [1.807, 2.05) is 0 Å². The van der Waals surface area contributed by atoms with E-state index in [1.165, 1.54) is 19.6 Å². The highest BCUT2D eigenvalue weighted by Gasteiger charge is 2.16. The second-order valence-corrected chi connectivity index (χ2v) is 3.56. The van der Waals surface area contributed by atoms with E-state index in [2.05, 4.69) is 9.84 Å². The minimum Gasteiger partial charge on any atom is -0.463 e. The maximum absolute atomic E-state index is 11.2. The highest BCUT2D eigenvalue weighted by atomic mass is 35.5. The Bertz CT molecular complexity index is 510. The molecular weight excluding hydrogens is 232 g/mol. The monoisotopic (exact) mass is 240 g/mol. The van der Waals surface area contributed by atoms with Gasteiger partial charge in [0.2, 0.25) is 5.76 Å². The lowest BCUT2D eigenvalue weighted by atomic mass is 10.2. The van der Waals surface area contributed by atoms with Crippen LogP contribution in [0.25, 0.3) is 11.3 Å². The van der Waals surface area contributed by atoms with Gasteiger partial charge in [0.15, 0.2) is 0 Å². The van der Waals surface area contributed by atoms with E-state index in [-0.39, 0.29) is 5.76 Å². The lowest BCUT2D eigenvalue weighted by Gasteiger charge is -1.97. The number of rotatable bonds is 2. The Hall–Kier alpha value is -1.75. The maximum atomic E-state index is 11.2. The Morgan fingerprint density at radius 1 is 1.62 bits per heavy atom. The number of nitrogens with zero attached hydrogens (tertiary/aromatic N) is 2. The smallest absolute Gasteiger partial charge is 0.373 e. The Labute approximate surface area is 96.6 Å². The number of hydrogen-bond donors (Lipinski definition) is 0. The zero-order chi connectivity index (χ0) is 11.7. The lowest BCUT2D eigenvalue weighted by molar-refractivity contribution is 0.0565. The average Bonchev–Trinajstić information content (AvgIpc) is 2.85. The molecule has 0 atom stereocenters. The minimum atomic E-state index is -0.524. The Kier molecular flexibility index (Phi) is 2.70. The van der Waals surface area contributed by atoms with Crippen molar-refractivity contribution in [2.45, 2.75) is 0 Å². The van der Waals surface area contributed by atoms with Crippen LogP contribution in [0.2, 0.25) is 5.02 Å². The van der Waals surface area contributed by atoms with Crippen LogP contribution in [0, 0.1) is 0 Å². The van der Waals surface area contributed by atoms with E-state index in [1.54, 1.807) is 17.8 Å². The third-order valence-corrected chi connectivity index (χ3v) is 2.43. The van der Waals surface area contributed by atoms with Crippen LogP contribution in [0.1, 0.15) is 10.6 Å². The van der Waals surface area contributed by atoms with Crippen LogP contribution in [0.15, 0.2) is 22.9 Å². The minimum absolute atomic E-state index is 0.134. The van der Waals surface area contributed by atoms with Crippen molar-refractivity contribution in [3.05, 3.63) is 29.3 Å². The van der Waals surface area contributed by atoms with Gasteiger partial charge in [0.05, 0.1) is 24.0 Å². The summed E-state index contributed by atoms with van der Waals surface area (Å²) in [4.78, 5) is 11.2. The number of carbonyl (C=O) groups excluding carboxylic acids is 1. The molecule has 0 saturated carbocycles. The molecule has 0 saturated heterocycles. The molecular formula is C10H9ClN2O3. The Balaban J connectivity index is 2.43. The van der Waals surface area contributed by atoms with Gasteiger partial charge in [-0.3, -0.25) is 4.68 Å². The highest BCUT2D eigenvalue weighted by molar-refractivity contribution is 6.33. The number of aromatic nitrogens is 2. The molecule has 84 valence electrons. The summed E-state index contributed by atoms with van der Waals surface area (Å²) in [5, 5.41) is 4.49. The van der Waals surface area contributed by atoms with E-state index >= 15 is 0 Å². The van der Waals surface area contributed by atoms with Gasteiger partial charge >= 0.3 is 5.97 Å². The maximum Gasteiger partial charge on any atom is 0.373 e. The number of ether oxygens (including phenoxy) is 1. The van der Waals surface area contributed by atoms with Gasteiger partial charge in [-0.15, -0.1) is 0 Å². The summed E-state index contributed by atoms with van der Waals surface area (Å²) in [7, 11) is 3.05. The third-order valence-electron chi connectivity index (χ3n) is 2.15. The first-order valence-corrected chi connectivity index (χ1v) is 4.86. The van der Waals surface area contributed by atoms with Crippen LogP contribution in [0.5, 0.6) is 0 Å². The molecule has 0 bridgehead atoms. The van der Waals surface area contributed by atoms with Gasteiger partial charge < -0.3 is 9.15 Å². The van der Waals surface area contributed by atoms with Crippen molar-refractivity contribution in [2.24, 2.45) is 7.05 Å². The molecule has 6 heteroatoms. The molecule has 0 aliphatic heterocycles. The molecule has 0 aliphatic rings. The van der Waals surface area contributed by atoms with Crippen molar-refractivity contribution in [1.29, 1.82) is 0 Å². The van der Waals surface area contributed by atoms with Gasteiger partial charge in [-0.1, -0.05) is 11.6 Å². The first kappa shape index (κ1) is 10.8. The summed E-state index contributed by atoms with van der Waals surface area (Å²) < 4.78 is 11.2. The van der Waals surface area contributed by atoms with Crippen molar-refractivity contribution in [2.75, 3.05) is 7.11 Å². The second-order valence-electron chi connectivity index (χ2n) is 3.16. The van der Waals surface area contributed by atoms with Crippen LogP contribution in [0.4, 0.5) is 0 Å². The number of carbonyl (C=O) groups is 1. The van der Waals surface area contributed by atoms with Crippen LogP contribution in [-0.4, -0.2) is 22.9 Å². The zero-order valence-corrected chi connectivity index (χ0v) is 9.49. The molecule has 2 aromatic heterocycles. The molecule has 2 heterocycles. The van der Waals surface area contributed by atoms with Crippen molar-refractivity contribution in [1.82, 2.24) is 9.78 Å². The molecule has 16 heavy (non-hydrogen) atoms. The number of hydrogen-bond acceptors (Lipinski definition) is 4. The molecule has 0 aromatic carbocycles. The van der Waals surface area contributed by atoms with Gasteiger partial charge in [0, 0.05) is 18.7 Å². The molecule has 0 amide bonds. The summed E-state index contributed by atoms with van der Waals surface area (Å²) >= 11 is 5.96. The van der Waals surface area contributed by atoms with E-state index in [0.717, 1.165) is 0 Å². The second kappa shape index (κ2) is 4.02. The molecule has 0 radical (unpaired) electrons. The van der Waals surface area contributed by atoms with Crippen molar-refractivity contribution in [3.8, 4) is 11.3 Å². The van der Waals surface area contributed by atoms with Gasteiger partial charge in [0.1, 0.15) is 6.26 Å². The summed E-state index contributed by atoms with van der Waals surface area (Å²) in [5.74, 6) is -0.390. The van der Waals surface area contributed by atoms with E-state index < -0.39 is 5.97 Å². The molecule has 0 aliphatic carbocycles. The molecule has 2 rings (SSSR count). The summed E-state index contributed by atoms with van der Waals surface area (Å²) in [6.07, 6.45) is 2.97. The van der Waals surface area contributed by atoms with Gasteiger partial charge in [-0.05, 0) is 0 Å². The van der Waals surface area contributed by atoms with Gasteiger partial charge in [-0.25, -0.2) is 4.79 Å². The molecule has 0 spiro atoms. The van der Waals surface area contributed by atoms with Crippen LogP contribution >= 0.6 is 11.6 Å². The summed E-state index contributed by atoms with van der Waals surface area (Å²) in [6, 6.07) is 1.56. The molecule has 2 aromatic rings. The standard InChI is InChI=1S/C10H9ClN2O3/c1-13-9(7(11)4-12-13)6-3-8(16-5-6)10(14)15-2/h3-5H,1-2H3. The SMILES string of the molecule is COC(=O)c1cc(-c2c(Cl)cnn2C)co1. The molecule has 0 N–H and O–H groups in total. The fraction of sp³-hybridized carbons (Fsp3) is 0.200. The number of aryl methyl sites for hydroxylation is 1. The number of furan rings is 1. The van der Waals surface area contributed by atoms with Crippen molar-refractivity contribution < 1.29 is 13.9 Å². The van der Waals surface area contributed by atoms with Crippen LogP contribution in [0.3, 0.4) is 0 Å². The van der Waals surface area contributed by atoms with Gasteiger partial charge in [0.25, 0.3) is 0 Å². The van der Waals surface area contributed by atoms with E-state index in [4.69, 9.17) is 16.0 Å². The number of halogens is 1. The topological polar surface area (TPSA) is 57.3 Å². The Morgan fingerprint density at radius 3 is 2.94 bits per heavy atom. The lowest BCUT2D eigenvalue weighted by Crippen LogP contribution is -1.98. The fourth-order valence-electron chi connectivity index (χ4n) is 1.40. The quantitative estimate of drug-likeness (QED) is 0.755. The largest absolute Gasteiger partial charge is 0.463 e. The molecule has 0 fully saturated rings. The van der Waals surface area contributed by atoms with Crippen molar-refractivity contribution >= 4 is 17.6 Å². The predicted molar refractivity (Wildman–Crippen MR) is 57.3 cm³/mol. The van der Waals surface area contributed by atoms with E-state index in [0.29, 0.717) is 16.3 Å².